The first-order valence-corrected chi connectivity index (χ1v) is 9.96. The third-order valence-electron chi connectivity index (χ3n) is 5.29. The smallest absolute Gasteiger partial charge is 0.219 e. The SMILES string of the molecule is C/C(=C(/Cn1nc(C)c2c(N)ncnc21)N=c1cccc(C)n1C=O)c1cccc(F)c1. The van der Waals surface area contributed by atoms with Crippen LogP contribution in [0.15, 0.2) is 59.5 Å². The summed E-state index contributed by atoms with van der Waals surface area (Å²) in [5.41, 5.74) is 10.5. The van der Waals surface area contributed by atoms with Crippen molar-refractivity contribution in [3.63, 3.8) is 0 Å². The fourth-order valence-corrected chi connectivity index (χ4v) is 3.57. The predicted molar refractivity (Wildman–Crippen MR) is 120 cm³/mol. The molecule has 2 N–H and O–H groups in total. The number of benzene rings is 1. The molecule has 0 amide bonds. The molecule has 3 heterocycles. The summed E-state index contributed by atoms with van der Waals surface area (Å²) >= 11 is 0. The molecule has 0 saturated carbocycles. The van der Waals surface area contributed by atoms with E-state index in [1.54, 1.807) is 16.8 Å². The Hall–Kier alpha value is -4.14. The number of nitrogens with zero attached hydrogens (tertiary/aromatic N) is 6. The number of fused-ring (bicyclic) bond motifs is 1. The number of anilines is 1. The number of hydrogen-bond acceptors (Lipinski definition) is 6. The van der Waals surface area contributed by atoms with Gasteiger partial charge in [0.1, 0.15) is 23.5 Å². The first kappa shape index (κ1) is 21.1. The number of nitrogen functional groups attached to an aromatic ring is 1. The number of carbonyl (C=O) groups excluding carboxylic acids is 1. The van der Waals surface area contributed by atoms with E-state index in [4.69, 9.17) is 10.7 Å². The predicted octanol–water partition coefficient (Wildman–Crippen LogP) is 3.04. The summed E-state index contributed by atoms with van der Waals surface area (Å²) in [5, 5.41) is 5.25. The van der Waals surface area contributed by atoms with Gasteiger partial charge in [0.2, 0.25) is 6.41 Å². The van der Waals surface area contributed by atoms with Crippen LogP contribution in [0.5, 0.6) is 0 Å². The van der Waals surface area contributed by atoms with E-state index in [9.17, 15) is 9.18 Å². The lowest BCUT2D eigenvalue weighted by molar-refractivity contribution is 0.543. The van der Waals surface area contributed by atoms with Crippen molar-refractivity contribution in [3.8, 4) is 0 Å². The van der Waals surface area contributed by atoms with Crippen molar-refractivity contribution in [2.75, 3.05) is 5.73 Å². The lowest BCUT2D eigenvalue weighted by Gasteiger charge is -2.11. The fourth-order valence-electron chi connectivity index (χ4n) is 3.57. The fraction of sp³-hybridized carbons (Fsp3) is 0.174. The van der Waals surface area contributed by atoms with E-state index in [1.165, 1.54) is 23.0 Å². The normalized spacial score (nSPS) is 12.8. The third-order valence-corrected chi connectivity index (χ3v) is 5.29. The highest BCUT2D eigenvalue weighted by Gasteiger charge is 2.15. The van der Waals surface area contributed by atoms with E-state index in [-0.39, 0.29) is 12.4 Å². The molecule has 4 rings (SSSR count). The van der Waals surface area contributed by atoms with Gasteiger partial charge in [-0.25, -0.2) is 24.0 Å². The molecule has 0 spiro atoms. The minimum atomic E-state index is -0.347. The standard InChI is InChI=1S/C23H22FN7O/c1-14-6-4-9-20(30(14)13-32)28-19(15(2)17-7-5-8-18(24)10-17)11-31-23-21(16(3)29-31)22(25)26-12-27-23/h4-10,12-13H,11H2,1-3H3,(H2,25,26,27)/b19-15+,28-20?. The Kier molecular flexibility index (Phi) is 5.63. The maximum absolute atomic E-state index is 13.9. The van der Waals surface area contributed by atoms with Crippen molar-refractivity contribution < 1.29 is 9.18 Å². The van der Waals surface area contributed by atoms with E-state index < -0.39 is 0 Å². The highest BCUT2D eigenvalue weighted by atomic mass is 19.1. The van der Waals surface area contributed by atoms with Crippen LogP contribution in [0.2, 0.25) is 0 Å². The molecule has 0 aliphatic carbocycles. The third kappa shape index (κ3) is 3.92. The van der Waals surface area contributed by atoms with E-state index in [1.807, 2.05) is 39.0 Å². The van der Waals surface area contributed by atoms with E-state index in [0.29, 0.717) is 45.7 Å². The molecule has 0 unspecified atom stereocenters. The molecular weight excluding hydrogens is 409 g/mol. The quantitative estimate of drug-likeness (QED) is 0.489. The van der Waals surface area contributed by atoms with Gasteiger partial charge in [0.15, 0.2) is 5.65 Å². The molecule has 0 fully saturated rings. The average molecular weight is 431 g/mol. The van der Waals surface area contributed by atoms with Crippen LogP contribution in [0.4, 0.5) is 10.2 Å². The molecule has 1 aromatic carbocycles. The molecule has 4 aromatic rings. The molecule has 0 atom stereocenters. The van der Waals surface area contributed by atoms with Gasteiger partial charge in [-0.2, -0.15) is 5.10 Å². The van der Waals surface area contributed by atoms with Crippen molar-refractivity contribution >= 4 is 28.8 Å². The molecule has 0 aliphatic heterocycles. The molecule has 8 nitrogen and oxygen atoms in total. The Bertz CT molecular complexity index is 1430. The number of nitrogens with two attached hydrogens (primary N) is 1. The topological polar surface area (TPSA) is 104 Å². The van der Waals surface area contributed by atoms with Gasteiger partial charge in [-0.05, 0) is 56.2 Å². The van der Waals surface area contributed by atoms with Crippen LogP contribution in [0.25, 0.3) is 16.6 Å². The number of pyridine rings is 1. The second-order valence-electron chi connectivity index (χ2n) is 7.40. The van der Waals surface area contributed by atoms with Gasteiger partial charge < -0.3 is 5.73 Å². The minimum Gasteiger partial charge on any atom is -0.383 e. The van der Waals surface area contributed by atoms with Crippen molar-refractivity contribution in [1.82, 2.24) is 24.3 Å². The summed E-state index contributed by atoms with van der Waals surface area (Å²) in [6, 6.07) is 11.7. The summed E-state index contributed by atoms with van der Waals surface area (Å²) in [7, 11) is 0. The summed E-state index contributed by atoms with van der Waals surface area (Å²) in [4.78, 5) is 24.8. The second-order valence-corrected chi connectivity index (χ2v) is 7.40. The Morgan fingerprint density at radius 1 is 1.19 bits per heavy atom. The number of halogens is 1. The second kappa shape index (κ2) is 8.54. The van der Waals surface area contributed by atoms with Gasteiger partial charge in [-0.15, -0.1) is 0 Å². The van der Waals surface area contributed by atoms with E-state index in [0.717, 1.165) is 11.3 Å². The highest BCUT2D eigenvalue weighted by molar-refractivity contribution is 5.88. The van der Waals surface area contributed by atoms with Gasteiger partial charge >= 0.3 is 0 Å². The summed E-state index contributed by atoms with van der Waals surface area (Å²) < 4.78 is 17.1. The number of aromatic nitrogens is 5. The molecule has 32 heavy (non-hydrogen) atoms. The largest absolute Gasteiger partial charge is 0.383 e. The van der Waals surface area contributed by atoms with Crippen molar-refractivity contribution in [1.29, 1.82) is 0 Å². The van der Waals surface area contributed by atoms with Gasteiger partial charge in [0.05, 0.1) is 23.3 Å². The zero-order valence-corrected chi connectivity index (χ0v) is 18.0. The molecule has 0 bridgehead atoms. The van der Waals surface area contributed by atoms with E-state index >= 15 is 0 Å². The zero-order valence-electron chi connectivity index (χ0n) is 18.0. The van der Waals surface area contributed by atoms with Crippen molar-refractivity contribution in [3.05, 3.63) is 82.7 Å². The average Bonchev–Trinajstić information content (AvgIpc) is 3.09. The van der Waals surface area contributed by atoms with Gasteiger partial charge in [0, 0.05) is 5.69 Å². The van der Waals surface area contributed by atoms with Crippen LogP contribution < -0.4 is 11.2 Å². The van der Waals surface area contributed by atoms with E-state index in [2.05, 4.69) is 15.1 Å². The van der Waals surface area contributed by atoms with Crippen LogP contribution in [0.1, 0.15) is 23.9 Å². The lowest BCUT2D eigenvalue weighted by atomic mass is 10.1. The molecule has 0 saturated heterocycles. The summed E-state index contributed by atoms with van der Waals surface area (Å²) in [6.45, 7) is 5.74. The Morgan fingerprint density at radius 2 is 1.97 bits per heavy atom. The minimum absolute atomic E-state index is 0.232. The van der Waals surface area contributed by atoms with Crippen LogP contribution >= 0.6 is 0 Å². The van der Waals surface area contributed by atoms with Crippen LogP contribution in [0, 0.1) is 19.7 Å². The van der Waals surface area contributed by atoms with Gasteiger partial charge in [-0.1, -0.05) is 18.2 Å². The van der Waals surface area contributed by atoms with Gasteiger partial charge in [-0.3, -0.25) is 9.36 Å². The number of carbonyl (C=O) groups is 1. The van der Waals surface area contributed by atoms with Gasteiger partial charge in [0.25, 0.3) is 0 Å². The Balaban J connectivity index is 1.95. The number of aryl methyl sites for hydroxylation is 2. The number of rotatable bonds is 5. The molecule has 9 heteroatoms. The first-order valence-electron chi connectivity index (χ1n) is 9.96. The number of allylic oxidation sites excluding steroid dienone is 2. The molecule has 3 aromatic heterocycles. The highest BCUT2D eigenvalue weighted by Crippen LogP contribution is 2.25. The first-order chi connectivity index (χ1) is 15.4. The molecule has 162 valence electrons. The maximum Gasteiger partial charge on any atom is 0.219 e. The molecule has 0 aliphatic rings. The summed E-state index contributed by atoms with van der Waals surface area (Å²) in [5.74, 6) is 0.00107. The Morgan fingerprint density at radius 3 is 2.72 bits per heavy atom. The van der Waals surface area contributed by atoms with Crippen LogP contribution in [0.3, 0.4) is 0 Å². The lowest BCUT2D eigenvalue weighted by Crippen LogP contribution is -2.23. The van der Waals surface area contributed by atoms with Crippen LogP contribution in [-0.2, 0) is 11.3 Å². The zero-order chi connectivity index (χ0) is 22.8. The number of hydrogen-bond donors (Lipinski definition) is 1. The monoisotopic (exact) mass is 431 g/mol. The maximum atomic E-state index is 13.9. The van der Waals surface area contributed by atoms with Crippen molar-refractivity contribution in [2.45, 2.75) is 27.3 Å². The molecule has 0 radical (unpaired) electrons. The van der Waals surface area contributed by atoms with Crippen molar-refractivity contribution in [2.24, 2.45) is 4.99 Å². The Labute approximate surface area is 183 Å². The molecular formula is C23H22FN7O. The van der Waals surface area contributed by atoms with Crippen LogP contribution in [-0.4, -0.2) is 30.7 Å². The summed E-state index contributed by atoms with van der Waals surface area (Å²) in [6.07, 6.45) is 2.10.